The first kappa shape index (κ1) is 20.4. The van der Waals surface area contributed by atoms with Crippen LogP contribution in [0.3, 0.4) is 0 Å². The quantitative estimate of drug-likeness (QED) is 0.190. The zero-order valence-corrected chi connectivity index (χ0v) is 16.0. The van der Waals surface area contributed by atoms with Crippen molar-refractivity contribution in [3.63, 3.8) is 0 Å². The lowest BCUT2D eigenvalue weighted by molar-refractivity contribution is -0.0965. The van der Waals surface area contributed by atoms with Gasteiger partial charge in [-0.3, -0.25) is 4.98 Å². The van der Waals surface area contributed by atoms with Crippen LogP contribution in [0.1, 0.15) is 30.2 Å². The third-order valence-corrected chi connectivity index (χ3v) is 4.79. The molecular weight excluding hydrogens is 376 g/mol. The van der Waals surface area contributed by atoms with Crippen LogP contribution in [0, 0.1) is 6.92 Å². The van der Waals surface area contributed by atoms with Crippen molar-refractivity contribution in [3.8, 4) is 5.75 Å². The Morgan fingerprint density at radius 2 is 2.21 bits per heavy atom. The molecule has 0 saturated heterocycles. The summed E-state index contributed by atoms with van der Waals surface area (Å²) < 4.78 is 17.9. The van der Waals surface area contributed by atoms with Crippen molar-refractivity contribution >= 4 is 15.9 Å². The third kappa shape index (κ3) is 4.27. The van der Waals surface area contributed by atoms with Crippen molar-refractivity contribution < 1.29 is 14.2 Å². The number of aromatic nitrogens is 1. The van der Waals surface area contributed by atoms with Crippen LogP contribution in [0.2, 0.25) is 0 Å². The molecule has 0 aromatic carbocycles. The van der Waals surface area contributed by atoms with E-state index in [1.807, 2.05) is 6.92 Å². The predicted molar refractivity (Wildman–Crippen MR) is 96.2 cm³/mol. The number of methoxy groups -OCH3 is 3. The number of nitrogens with zero attached hydrogens (tertiary/aromatic N) is 4. The molecule has 0 aliphatic carbocycles. The summed E-state index contributed by atoms with van der Waals surface area (Å²) in [6, 6.07) is 0. The summed E-state index contributed by atoms with van der Waals surface area (Å²) in [4.78, 5) is 7.25. The van der Waals surface area contributed by atoms with Gasteiger partial charge in [0.15, 0.2) is 0 Å². The second kappa shape index (κ2) is 9.64. The van der Waals surface area contributed by atoms with Crippen LogP contribution in [0.5, 0.6) is 5.75 Å². The second-order valence-electron chi connectivity index (χ2n) is 5.19. The molecule has 0 aliphatic rings. The maximum absolute atomic E-state index is 8.42. The predicted octanol–water partition coefficient (Wildman–Crippen LogP) is 4.51. The van der Waals surface area contributed by atoms with Crippen molar-refractivity contribution in [1.29, 1.82) is 0 Å². The van der Waals surface area contributed by atoms with E-state index < -0.39 is 11.7 Å². The molecule has 0 amide bonds. The highest BCUT2D eigenvalue weighted by atomic mass is 79.9. The minimum atomic E-state index is -0.819. The topological polar surface area (TPSA) is 89.3 Å². The lowest BCUT2D eigenvalue weighted by Gasteiger charge is -2.36. The Morgan fingerprint density at radius 3 is 2.71 bits per heavy atom. The number of halogens is 1. The Hall–Kier alpha value is -1.60. The van der Waals surface area contributed by atoms with Crippen molar-refractivity contribution in [2.75, 3.05) is 27.9 Å². The van der Waals surface area contributed by atoms with Crippen LogP contribution in [-0.4, -0.2) is 38.5 Å². The molecule has 0 bridgehead atoms. The van der Waals surface area contributed by atoms with Crippen LogP contribution in [0.25, 0.3) is 10.4 Å². The first-order valence-electron chi connectivity index (χ1n) is 7.42. The van der Waals surface area contributed by atoms with Gasteiger partial charge >= 0.3 is 0 Å². The van der Waals surface area contributed by atoms with Crippen LogP contribution in [-0.2, 0) is 9.47 Å². The lowest BCUT2D eigenvalue weighted by Crippen LogP contribution is -2.38. The lowest BCUT2D eigenvalue weighted by atomic mass is 9.87. The molecule has 24 heavy (non-hydrogen) atoms. The monoisotopic (exact) mass is 398 g/mol. The van der Waals surface area contributed by atoms with Gasteiger partial charge in [0.05, 0.1) is 7.11 Å². The van der Waals surface area contributed by atoms with Gasteiger partial charge in [0.1, 0.15) is 23.1 Å². The molecule has 8 heteroatoms. The number of ether oxygens (including phenoxy) is 3. The van der Waals surface area contributed by atoms with Crippen LogP contribution >= 0.6 is 15.9 Å². The Balaban J connectivity index is 3.31. The van der Waals surface area contributed by atoms with Crippen molar-refractivity contribution in [1.82, 2.24) is 4.98 Å². The minimum Gasteiger partial charge on any atom is -0.494 e. The summed E-state index contributed by atoms with van der Waals surface area (Å²) in [6.45, 7) is 6.21. The van der Waals surface area contributed by atoms with E-state index in [9.17, 15) is 0 Å². The Kier molecular flexibility index (Phi) is 8.21. The summed E-state index contributed by atoms with van der Waals surface area (Å²) in [6.07, 6.45) is 4.08. The van der Waals surface area contributed by atoms with Crippen LogP contribution in [0.15, 0.2) is 28.4 Å². The molecule has 0 saturated carbocycles. The number of hydrogen-bond acceptors (Lipinski definition) is 5. The van der Waals surface area contributed by atoms with E-state index in [4.69, 9.17) is 19.7 Å². The molecule has 2 unspecified atom stereocenters. The van der Waals surface area contributed by atoms with E-state index in [0.717, 1.165) is 10.0 Å². The summed E-state index contributed by atoms with van der Waals surface area (Å²) in [5.41, 5.74) is 9.15. The summed E-state index contributed by atoms with van der Waals surface area (Å²) in [7, 11) is 4.78. The van der Waals surface area contributed by atoms with Gasteiger partial charge in [-0.05, 0) is 41.2 Å². The number of azide groups is 1. The molecule has 0 fully saturated rings. The zero-order valence-electron chi connectivity index (χ0n) is 14.5. The van der Waals surface area contributed by atoms with E-state index in [1.165, 1.54) is 0 Å². The molecule has 2 atom stereocenters. The SMILES string of the molecule is C=CC(CCCN=[N+]=[N-])(OC)C(OC)c1ncc(Br)c(C)c1OC. The molecule has 0 spiro atoms. The molecule has 1 aromatic heterocycles. The first-order chi connectivity index (χ1) is 11.5. The molecule has 0 radical (unpaired) electrons. The smallest absolute Gasteiger partial charge is 0.147 e. The summed E-state index contributed by atoms with van der Waals surface area (Å²) in [5, 5.41) is 3.56. The molecular formula is C16H23BrN4O3. The van der Waals surface area contributed by atoms with Crippen LogP contribution in [0.4, 0.5) is 0 Å². The van der Waals surface area contributed by atoms with E-state index in [0.29, 0.717) is 30.8 Å². The molecule has 132 valence electrons. The number of pyridine rings is 1. The maximum atomic E-state index is 8.42. The van der Waals surface area contributed by atoms with Gasteiger partial charge in [-0.1, -0.05) is 11.2 Å². The van der Waals surface area contributed by atoms with Gasteiger partial charge in [-0.15, -0.1) is 6.58 Å². The molecule has 1 rings (SSSR count). The van der Waals surface area contributed by atoms with Crippen molar-refractivity contribution in [2.45, 2.75) is 31.5 Å². The average Bonchev–Trinajstić information content (AvgIpc) is 2.60. The highest BCUT2D eigenvalue weighted by Gasteiger charge is 2.40. The fourth-order valence-corrected chi connectivity index (χ4v) is 2.96. The second-order valence-corrected chi connectivity index (χ2v) is 6.04. The minimum absolute atomic E-state index is 0.371. The Bertz CT molecular complexity index is 620. The molecule has 1 aromatic rings. The molecule has 0 aliphatic heterocycles. The van der Waals surface area contributed by atoms with E-state index in [-0.39, 0.29) is 0 Å². The fourth-order valence-electron chi connectivity index (χ4n) is 2.67. The number of hydrogen-bond donors (Lipinski definition) is 0. The third-order valence-electron chi connectivity index (χ3n) is 3.99. The maximum Gasteiger partial charge on any atom is 0.147 e. The highest BCUT2D eigenvalue weighted by molar-refractivity contribution is 9.10. The van der Waals surface area contributed by atoms with Gasteiger partial charge in [0.25, 0.3) is 0 Å². The van der Waals surface area contributed by atoms with Crippen molar-refractivity contribution in [2.24, 2.45) is 5.11 Å². The molecule has 0 N–H and O–H groups in total. The highest BCUT2D eigenvalue weighted by Crippen LogP contribution is 2.41. The standard InChI is InChI=1S/C16H23BrN4O3/c1-6-16(24-5,8-7-9-20-21-18)15(23-4)13-14(22-3)11(2)12(17)10-19-13/h6,10,15H,1,7-9H2,2-5H3. The summed E-state index contributed by atoms with van der Waals surface area (Å²) >= 11 is 3.45. The van der Waals surface area contributed by atoms with Gasteiger partial charge in [-0.25, -0.2) is 0 Å². The molecule has 1 heterocycles. The van der Waals surface area contributed by atoms with Crippen LogP contribution < -0.4 is 4.74 Å². The first-order valence-corrected chi connectivity index (χ1v) is 8.22. The Morgan fingerprint density at radius 1 is 1.50 bits per heavy atom. The van der Waals surface area contributed by atoms with Gasteiger partial charge in [0, 0.05) is 41.9 Å². The summed E-state index contributed by atoms with van der Waals surface area (Å²) in [5.74, 6) is 0.634. The van der Waals surface area contributed by atoms with Crippen molar-refractivity contribution in [3.05, 3.63) is 45.0 Å². The average molecular weight is 399 g/mol. The molecule has 7 nitrogen and oxygen atoms in total. The Labute approximate surface area is 150 Å². The number of rotatable bonds is 10. The van der Waals surface area contributed by atoms with Gasteiger partial charge in [-0.2, -0.15) is 0 Å². The van der Waals surface area contributed by atoms with Gasteiger partial charge < -0.3 is 14.2 Å². The van der Waals surface area contributed by atoms with E-state index in [2.05, 4.69) is 37.5 Å². The van der Waals surface area contributed by atoms with Gasteiger partial charge in [0.2, 0.25) is 0 Å². The van der Waals surface area contributed by atoms with E-state index >= 15 is 0 Å². The fraction of sp³-hybridized carbons (Fsp3) is 0.562. The zero-order chi connectivity index (χ0) is 18.2. The largest absolute Gasteiger partial charge is 0.494 e. The normalized spacial score (nSPS) is 14.4. The van der Waals surface area contributed by atoms with E-state index in [1.54, 1.807) is 33.6 Å².